The van der Waals surface area contributed by atoms with E-state index in [1.54, 1.807) is 24.5 Å². The molecule has 2 aromatic rings. The second-order valence-corrected chi connectivity index (χ2v) is 10.1. The van der Waals surface area contributed by atoms with Crippen LogP contribution in [-0.2, 0) is 15.0 Å². The maximum Gasteiger partial charge on any atom is 0.251 e. The highest BCUT2D eigenvalue weighted by Gasteiger charge is 2.43. The van der Waals surface area contributed by atoms with Crippen LogP contribution in [0.5, 0.6) is 0 Å². The Labute approximate surface area is 200 Å². The maximum atomic E-state index is 14.0. The number of hydrogen-bond donors (Lipinski definition) is 2. The summed E-state index contributed by atoms with van der Waals surface area (Å²) in [5, 5.41) is 22.8. The Kier molecular flexibility index (Phi) is 6.58. The first-order chi connectivity index (χ1) is 16.2. The quantitative estimate of drug-likeness (QED) is 0.640. The lowest BCUT2D eigenvalue weighted by Gasteiger charge is -2.34. The van der Waals surface area contributed by atoms with Crippen LogP contribution in [0.25, 0.3) is 0 Å². The third kappa shape index (κ3) is 5.05. The van der Waals surface area contributed by atoms with Gasteiger partial charge < -0.3 is 10.4 Å². The molecule has 2 N–H and O–H groups in total. The number of nitrogens with zero attached hydrogens (tertiary/aromatic N) is 4. The highest BCUT2D eigenvalue weighted by atomic mass is 16.3. The predicted octanol–water partition coefficient (Wildman–Crippen LogP) is 2.65. The number of hydrogen-bond acceptors (Lipinski definition) is 6. The molecule has 1 aromatic carbocycles. The lowest BCUT2D eigenvalue weighted by atomic mass is 9.87. The molecule has 2 heterocycles. The molecule has 1 aliphatic carbocycles. The number of aromatic nitrogens is 1. The van der Waals surface area contributed by atoms with Gasteiger partial charge in [0.05, 0.1) is 12.6 Å². The first kappa shape index (κ1) is 23.7. The summed E-state index contributed by atoms with van der Waals surface area (Å²) in [4.78, 5) is 34.4. The van der Waals surface area contributed by atoms with Gasteiger partial charge in [0.2, 0.25) is 5.91 Å². The second-order valence-electron chi connectivity index (χ2n) is 10.1. The van der Waals surface area contributed by atoms with E-state index in [9.17, 15) is 20.0 Å². The van der Waals surface area contributed by atoms with E-state index in [1.165, 1.54) is 9.80 Å². The van der Waals surface area contributed by atoms with Crippen LogP contribution < -0.4 is 10.2 Å². The molecule has 0 radical (unpaired) electrons. The van der Waals surface area contributed by atoms with Crippen LogP contribution in [0.4, 0.5) is 5.69 Å². The van der Waals surface area contributed by atoms with Gasteiger partial charge in [0.15, 0.2) is 6.19 Å². The number of nitrogens with one attached hydrogen (secondary N) is 1. The standard InChI is InChI=1S/C26H31N5O3/c1-26(2,3)18-6-10-20(11-7-18)31(25(34)22-13-21(32)15-30(22)16-27)23(17-5-4-12-28-14-17)24(33)29-19-8-9-19/h4-7,10-12,14,19,21-23,32H,8-9,13,15H2,1-3H3,(H,29,33). The minimum absolute atomic E-state index is 0.0767. The monoisotopic (exact) mass is 461 g/mol. The van der Waals surface area contributed by atoms with E-state index in [0.717, 1.165) is 18.4 Å². The molecule has 4 rings (SSSR count). The number of aliphatic hydroxyl groups excluding tert-OH is 1. The summed E-state index contributed by atoms with van der Waals surface area (Å²) >= 11 is 0. The van der Waals surface area contributed by atoms with E-state index < -0.39 is 24.1 Å². The second kappa shape index (κ2) is 9.43. The molecule has 0 spiro atoms. The smallest absolute Gasteiger partial charge is 0.251 e. The lowest BCUT2D eigenvalue weighted by molar-refractivity contribution is -0.128. The van der Waals surface area contributed by atoms with Crippen LogP contribution in [0.15, 0.2) is 48.8 Å². The fourth-order valence-electron chi connectivity index (χ4n) is 4.31. The average molecular weight is 462 g/mol. The van der Waals surface area contributed by atoms with Gasteiger partial charge in [-0.05, 0) is 42.0 Å². The van der Waals surface area contributed by atoms with Crippen LogP contribution in [0.1, 0.15) is 57.2 Å². The number of aliphatic hydroxyl groups is 1. The summed E-state index contributed by atoms with van der Waals surface area (Å²) in [6.07, 6.45) is 6.41. The van der Waals surface area contributed by atoms with Crippen molar-refractivity contribution in [3.05, 3.63) is 59.9 Å². The van der Waals surface area contributed by atoms with Crippen LogP contribution in [0.2, 0.25) is 0 Å². The van der Waals surface area contributed by atoms with Gasteiger partial charge in [0.1, 0.15) is 12.1 Å². The Bertz CT molecular complexity index is 1070. The zero-order valence-electron chi connectivity index (χ0n) is 19.8. The highest BCUT2D eigenvalue weighted by molar-refractivity contribution is 6.04. The molecule has 2 amide bonds. The average Bonchev–Trinajstić information content (AvgIpc) is 3.54. The van der Waals surface area contributed by atoms with Gasteiger partial charge in [0, 0.05) is 36.1 Å². The number of carbonyl (C=O) groups excluding carboxylic acids is 2. The number of nitriles is 1. The molecule has 1 aliphatic heterocycles. The van der Waals surface area contributed by atoms with Gasteiger partial charge in [-0.1, -0.05) is 39.0 Å². The van der Waals surface area contributed by atoms with Gasteiger partial charge in [-0.25, -0.2) is 0 Å². The van der Waals surface area contributed by atoms with Crippen molar-refractivity contribution in [1.29, 1.82) is 5.26 Å². The Hall–Kier alpha value is -3.44. The molecule has 2 aliphatic rings. The first-order valence-electron chi connectivity index (χ1n) is 11.7. The van der Waals surface area contributed by atoms with E-state index >= 15 is 0 Å². The van der Waals surface area contributed by atoms with Crippen molar-refractivity contribution in [3.8, 4) is 6.19 Å². The van der Waals surface area contributed by atoms with E-state index in [2.05, 4.69) is 31.1 Å². The SMILES string of the molecule is CC(C)(C)c1ccc(N(C(=O)C2CC(O)CN2C#N)C(C(=O)NC2CC2)c2cccnc2)cc1. The zero-order valence-corrected chi connectivity index (χ0v) is 19.8. The Morgan fingerprint density at radius 1 is 1.24 bits per heavy atom. The molecule has 3 atom stereocenters. The molecular formula is C26H31N5O3. The minimum atomic E-state index is -0.958. The molecule has 3 unspecified atom stereocenters. The molecule has 1 saturated heterocycles. The van der Waals surface area contributed by atoms with Crippen LogP contribution in [-0.4, -0.2) is 51.5 Å². The Morgan fingerprint density at radius 3 is 2.50 bits per heavy atom. The number of benzene rings is 1. The largest absolute Gasteiger partial charge is 0.391 e. The number of carbonyl (C=O) groups is 2. The molecule has 178 valence electrons. The lowest BCUT2D eigenvalue weighted by Crippen LogP contribution is -2.50. The van der Waals surface area contributed by atoms with Crippen LogP contribution in [0.3, 0.4) is 0 Å². The van der Waals surface area contributed by atoms with E-state index in [4.69, 9.17) is 0 Å². The van der Waals surface area contributed by atoms with Gasteiger partial charge in [-0.3, -0.25) is 24.4 Å². The van der Waals surface area contributed by atoms with Gasteiger partial charge in [-0.15, -0.1) is 0 Å². The topological polar surface area (TPSA) is 110 Å². The van der Waals surface area contributed by atoms with Crippen molar-refractivity contribution >= 4 is 17.5 Å². The minimum Gasteiger partial charge on any atom is -0.391 e. The summed E-state index contributed by atoms with van der Waals surface area (Å²) in [6, 6.07) is 9.41. The number of anilines is 1. The highest BCUT2D eigenvalue weighted by Crippen LogP contribution is 2.34. The van der Waals surface area contributed by atoms with E-state index in [0.29, 0.717) is 11.3 Å². The number of amides is 2. The molecule has 34 heavy (non-hydrogen) atoms. The summed E-state index contributed by atoms with van der Waals surface area (Å²) in [6.45, 7) is 6.42. The molecule has 1 saturated carbocycles. The van der Waals surface area contributed by atoms with Crippen LogP contribution >= 0.6 is 0 Å². The van der Waals surface area contributed by atoms with Gasteiger partial charge in [-0.2, -0.15) is 5.26 Å². The molecule has 2 fully saturated rings. The van der Waals surface area contributed by atoms with Crippen molar-refractivity contribution in [1.82, 2.24) is 15.2 Å². The van der Waals surface area contributed by atoms with Crippen molar-refractivity contribution in [2.24, 2.45) is 0 Å². The number of rotatable bonds is 6. The molecular weight excluding hydrogens is 430 g/mol. The fraction of sp³-hybridized carbons (Fsp3) is 0.462. The fourth-order valence-corrected chi connectivity index (χ4v) is 4.31. The molecule has 1 aromatic heterocycles. The van der Waals surface area contributed by atoms with Crippen molar-refractivity contribution in [2.45, 2.75) is 69.7 Å². The summed E-state index contributed by atoms with van der Waals surface area (Å²) < 4.78 is 0. The maximum absolute atomic E-state index is 14.0. The molecule has 8 nitrogen and oxygen atoms in total. The number of pyridine rings is 1. The van der Waals surface area contributed by atoms with E-state index in [-0.39, 0.29) is 30.3 Å². The Balaban J connectivity index is 1.80. The Morgan fingerprint density at radius 2 is 1.94 bits per heavy atom. The van der Waals surface area contributed by atoms with Gasteiger partial charge >= 0.3 is 0 Å². The third-order valence-electron chi connectivity index (χ3n) is 6.37. The summed E-state index contributed by atoms with van der Waals surface area (Å²) in [5.74, 6) is -0.688. The van der Waals surface area contributed by atoms with Crippen LogP contribution in [0, 0.1) is 11.5 Å². The number of β-amino-alcohol motifs (C(OH)–C–C–N with tert-alkyl or cyclic N) is 1. The van der Waals surface area contributed by atoms with Crippen molar-refractivity contribution in [2.75, 3.05) is 11.4 Å². The normalized spacial score (nSPS) is 21.0. The zero-order chi connectivity index (χ0) is 24.5. The van der Waals surface area contributed by atoms with E-state index in [1.807, 2.05) is 30.5 Å². The molecule has 8 heteroatoms. The van der Waals surface area contributed by atoms with Crippen molar-refractivity contribution < 1.29 is 14.7 Å². The first-order valence-corrected chi connectivity index (χ1v) is 11.7. The molecule has 0 bridgehead atoms. The third-order valence-corrected chi connectivity index (χ3v) is 6.37. The number of likely N-dealkylation sites (tertiary alicyclic amines) is 1. The van der Waals surface area contributed by atoms with Crippen molar-refractivity contribution in [3.63, 3.8) is 0 Å². The van der Waals surface area contributed by atoms with Gasteiger partial charge in [0.25, 0.3) is 5.91 Å². The summed E-state index contributed by atoms with van der Waals surface area (Å²) in [5.41, 5.74) is 2.15. The summed E-state index contributed by atoms with van der Waals surface area (Å²) in [7, 11) is 0. The predicted molar refractivity (Wildman–Crippen MR) is 128 cm³/mol.